The van der Waals surface area contributed by atoms with Crippen molar-refractivity contribution < 1.29 is 23.8 Å². The van der Waals surface area contributed by atoms with Gasteiger partial charge in [0.05, 0.1) is 16.6 Å². The highest BCUT2D eigenvalue weighted by Crippen LogP contribution is 2.38. The number of carbonyl (C=O) groups excluding carboxylic acids is 2. The number of carbonyl (C=O) groups is 2. The van der Waals surface area contributed by atoms with Crippen molar-refractivity contribution in [1.82, 2.24) is 0 Å². The highest BCUT2D eigenvalue weighted by molar-refractivity contribution is 9.10. The van der Waals surface area contributed by atoms with Crippen LogP contribution < -0.4 is 9.47 Å². The van der Waals surface area contributed by atoms with Gasteiger partial charge in [0.15, 0.2) is 17.2 Å². The standard InChI is InChI=1S/C27H22BrNO5/c1-4-32-23-15-18(13-21(28)24(23)33-26(30)20-8-6-5-7-17(20)3)14-22-27(31)34-25(29-22)19-11-9-16(2)10-12-19/h5-15H,4H2,1-3H3/b22-14-. The molecule has 0 atom stereocenters. The third-order valence-electron chi connectivity index (χ3n) is 5.11. The van der Waals surface area contributed by atoms with Gasteiger partial charge >= 0.3 is 11.9 Å². The van der Waals surface area contributed by atoms with E-state index in [1.165, 1.54) is 0 Å². The van der Waals surface area contributed by atoms with Gasteiger partial charge in [0.1, 0.15) is 0 Å². The number of halogens is 1. The first-order chi connectivity index (χ1) is 16.4. The fourth-order valence-corrected chi connectivity index (χ4v) is 3.91. The molecule has 0 bridgehead atoms. The molecule has 34 heavy (non-hydrogen) atoms. The molecule has 172 valence electrons. The summed E-state index contributed by atoms with van der Waals surface area (Å²) in [6, 6.07) is 18.2. The Balaban J connectivity index is 1.65. The summed E-state index contributed by atoms with van der Waals surface area (Å²) < 4.78 is 17.3. The second-order valence-electron chi connectivity index (χ2n) is 7.67. The molecule has 4 rings (SSSR count). The summed E-state index contributed by atoms with van der Waals surface area (Å²) in [5, 5.41) is 0. The minimum atomic E-state index is -0.542. The third kappa shape index (κ3) is 5.10. The number of hydrogen-bond acceptors (Lipinski definition) is 6. The minimum Gasteiger partial charge on any atom is -0.490 e. The van der Waals surface area contributed by atoms with Crippen LogP contribution in [0.2, 0.25) is 0 Å². The zero-order valence-corrected chi connectivity index (χ0v) is 20.5. The summed E-state index contributed by atoms with van der Waals surface area (Å²) in [6.07, 6.45) is 1.60. The molecule has 1 aliphatic heterocycles. The normalized spacial score (nSPS) is 14.1. The monoisotopic (exact) mass is 519 g/mol. The fraction of sp³-hybridized carbons (Fsp3) is 0.148. The third-order valence-corrected chi connectivity index (χ3v) is 5.70. The number of ether oxygens (including phenoxy) is 3. The smallest absolute Gasteiger partial charge is 0.363 e. The predicted octanol–water partition coefficient (Wildman–Crippen LogP) is 6.03. The summed E-state index contributed by atoms with van der Waals surface area (Å²) in [6.45, 7) is 6.02. The summed E-state index contributed by atoms with van der Waals surface area (Å²) in [7, 11) is 0. The van der Waals surface area contributed by atoms with Crippen LogP contribution in [-0.2, 0) is 9.53 Å². The molecular formula is C27H22BrNO5. The Morgan fingerprint density at radius 2 is 1.82 bits per heavy atom. The first kappa shape index (κ1) is 23.4. The number of benzene rings is 3. The van der Waals surface area contributed by atoms with Crippen LogP contribution >= 0.6 is 15.9 Å². The molecule has 0 saturated carbocycles. The van der Waals surface area contributed by atoms with Gasteiger partial charge in [0, 0.05) is 5.56 Å². The maximum atomic E-state index is 12.8. The van der Waals surface area contributed by atoms with E-state index in [2.05, 4.69) is 20.9 Å². The lowest BCUT2D eigenvalue weighted by atomic mass is 10.1. The first-order valence-corrected chi connectivity index (χ1v) is 11.5. The molecule has 0 aromatic heterocycles. The molecule has 0 unspecified atom stereocenters. The van der Waals surface area contributed by atoms with Crippen LogP contribution in [0, 0.1) is 13.8 Å². The summed E-state index contributed by atoms with van der Waals surface area (Å²) in [5.74, 6) is -0.156. The van der Waals surface area contributed by atoms with Gasteiger partial charge in [0.25, 0.3) is 0 Å². The zero-order chi connectivity index (χ0) is 24.2. The van der Waals surface area contributed by atoms with E-state index >= 15 is 0 Å². The molecular weight excluding hydrogens is 498 g/mol. The average Bonchev–Trinajstić information content (AvgIpc) is 3.17. The Bertz CT molecular complexity index is 1330. The number of aryl methyl sites for hydroxylation is 2. The molecule has 0 N–H and O–H groups in total. The lowest BCUT2D eigenvalue weighted by molar-refractivity contribution is -0.129. The summed E-state index contributed by atoms with van der Waals surface area (Å²) in [5.41, 5.74) is 3.89. The molecule has 0 amide bonds. The molecule has 3 aromatic rings. The van der Waals surface area contributed by atoms with Gasteiger partial charge in [0.2, 0.25) is 5.90 Å². The highest BCUT2D eigenvalue weighted by Gasteiger charge is 2.25. The Morgan fingerprint density at radius 1 is 1.09 bits per heavy atom. The number of esters is 2. The van der Waals surface area contributed by atoms with Gasteiger partial charge in [-0.2, -0.15) is 0 Å². The van der Waals surface area contributed by atoms with Crippen LogP contribution in [0.4, 0.5) is 0 Å². The number of cyclic esters (lactones) is 1. The van der Waals surface area contributed by atoms with Gasteiger partial charge in [-0.25, -0.2) is 14.6 Å². The van der Waals surface area contributed by atoms with E-state index in [1.54, 1.807) is 30.3 Å². The van der Waals surface area contributed by atoms with Crippen molar-refractivity contribution in [3.8, 4) is 11.5 Å². The molecule has 0 saturated heterocycles. The highest BCUT2D eigenvalue weighted by atomic mass is 79.9. The molecule has 6 nitrogen and oxygen atoms in total. The van der Waals surface area contributed by atoms with E-state index in [9.17, 15) is 9.59 Å². The van der Waals surface area contributed by atoms with Crippen LogP contribution in [0.1, 0.15) is 39.5 Å². The van der Waals surface area contributed by atoms with Gasteiger partial charge in [-0.3, -0.25) is 0 Å². The molecule has 0 fully saturated rings. The lowest BCUT2D eigenvalue weighted by Gasteiger charge is -2.14. The number of hydrogen-bond donors (Lipinski definition) is 0. The fourth-order valence-electron chi connectivity index (χ4n) is 3.37. The van der Waals surface area contributed by atoms with Crippen molar-refractivity contribution in [2.75, 3.05) is 6.61 Å². The summed E-state index contributed by atoms with van der Waals surface area (Å²) >= 11 is 3.47. The minimum absolute atomic E-state index is 0.162. The molecule has 1 heterocycles. The quantitative estimate of drug-likeness (QED) is 0.226. The number of nitrogens with zero attached hydrogens (tertiary/aromatic N) is 1. The van der Waals surface area contributed by atoms with E-state index in [0.29, 0.717) is 28.0 Å². The average molecular weight is 520 g/mol. The first-order valence-electron chi connectivity index (χ1n) is 10.7. The van der Waals surface area contributed by atoms with Crippen molar-refractivity contribution in [2.45, 2.75) is 20.8 Å². The Kier molecular flexibility index (Phi) is 6.93. The van der Waals surface area contributed by atoms with Crippen LogP contribution in [0.3, 0.4) is 0 Å². The maximum absolute atomic E-state index is 12.8. The SMILES string of the molecule is CCOc1cc(/C=C2\N=C(c3ccc(C)cc3)OC2=O)cc(Br)c1OC(=O)c1ccccc1C. The van der Waals surface area contributed by atoms with Crippen LogP contribution in [0.5, 0.6) is 11.5 Å². The predicted molar refractivity (Wildman–Crippen MR) is 133 cm³/mol. The molecule has 7 heteroatoms. The molecule has 0 radical (unpaired) electrons. The Morgan fingerprint density at radius 3 is 2.53 bits per heavy atom. The van der Waals surface area contributed by atoms with E-state index in [0.717, 1.165) is 16.7 Å². The molecule has 3 aromatic carbocycles. The Labute approximate surface area is 206 Å². The van der Waals surface area contributed by atoms with E-state index in [4.69, 9.17) is 14.2 Å². The number of aliphatic imine (C=N–C) groups is 1. The van der Waals surface area contributed by atoms with Crippen molar-refractivity contribution >= 4 is 39.8 Å². The maximum Gasteiger partial charge on any atom is 0.363 e. The van der Waals surface area contributed by atoms with E-state index < -0.39 is 11.9 Å². The number of rotatable bonds is 6. The van der Waals surface area contributed by atoms with Crippen molar-refractivity contribution in [1.29, 1.82) is 0 Å². The topological polar surface area (TPSA) is 74.2 Å². The van der Waals surface area contributed by atoms with Crippen LogP contribution in [0.15, 0.2) is 75.8 Å². The van der Waals surface area contributed by atoms with Crippen molar-refractivity contribution in [2.24, 2.45) is 4.99 Å². The second-order valence-corrected chi connectivity index (χ2v) is 8.52. The van der Waals surface area contributed by atoms with Gasteiger partial charge in [-0.05, 0) is 84.2 Å². The van der Waals surface area contributed by atoms with E-state index in [1.807, 2.05) is 57.2 Å². The van der Waals surface area contributed by atoms with Crippen molar-refractivity contribution in [3.05, 3.63) is 98.7 Å². The van der Waals surface area contributed by atoms with Gasteiger partial charge in [-0.15, -0.1) is 0 Å². The second kappa shape index (κ2) is 10.1. The van der Waals surface area contributed by atoms with Crippen molar-refractivity contribution in [3.63, 3.8) is 0 Å². The summed E-state index contributed by atoms with van der Waals surface area (Å²) in [4.78, 5) is 29.5. The van der Waals surface area contributed by atoms with Crippen LogP contribution in [-0.4, -0.2) is 24.4 Å². The largest absolute Gasteiger partial charge is 0.490 e. The lowest BCUT2D eigenvalue weighted by Crippen LogP contribution is -2.11. The van der Waals surface area contributed by atoms with Gasteiger partial charge in [-0.1, -0.05) is 35.9 Å². The zero-order valence-electron chi connectivity index (χ0n) is 18.9. The Hall–Kier alpha value is -3.71. The van der Waals surface area contributed by atoms with Gasteiger partial charge < -0.3 is 14.2 Å². The molecule has 1 aliphatic rings. The van der Waals surface area contributed by atoms with Crippen LogP contribution in [0.25, 0.3) is 6.08 Å². The molecule has 0 aliphatic carbocycles. The molecule has 0 spiro atoms. The van der Waals surface area contributed by atoms with E-state index in [-0.39, 0.29) is 17.3 Å².